The second kappa shape index (κ2) is 5.03. The summed E-state index contributed by atoms with van der Waals surface area (Å²) < 4.78 is 16.4. The van der Waals surface area contributed by atoms with Crippen molar-refractivity contribution in [3.63, 3.8) is 0 Å². The molecule has 1 aromatic carbocycles. The molecule has 0 amide bonds. The smallest absolute Gasteiger partial charge is 0.212 e. The number of ketones is 1. The monoisotopic (exact) mass is 192 g/mol. The standard InChI is InChI=1S/C11H9FO2/c1-14-11-4-2-9(3-5-11)8-10(13)6-7-12/h2-5H,8H2,1H3. The van der Waals surface area contributed by atoms with Crippen molar-refractivity contribution in [2.45, 2.75) is 6.42 Å². The van der Waals surface area contributed by atoms with E-state index in [0.717, 1.165) is 17.5 Å². The van der Waals surface area contributed by atoms with E-state index in [1.54, 1.807) is 31.4 Å². The molecule has 0 aliphatic heterocycles. The van der Waals surface area contributed by atoms with Gasteiger partial charge in [0, 0.05) is 12.3 Å². The Balaban J connectivity index is 2.67. The van der Waals surface area contributed by atoms with E-state index in [2.05, 4.69) is 0 Å². The van der Waals surface area contributed by atoms with Crippen LogP contribution in [0.1, 0.15) is 5.56 Å². The van der Waals surface area contributed by atoms with Crippen LogP contribution in [0.25, 0.3) is 0 Å². The highest BCUT2D eigenvalue weighted by molar-refractivity contribution is 5.96. The summed E-state index contributed by atoms with van der Waals surface area (Å²) in [6.45, 7) is 0. The number of carbonyl (C=O) groups excluding carboxylic acids is 1. The molecular weight excluding hydrogens is 183 g/mol. The van der Waals surface area contributed by atoms with E-state index < -0.39 is 5.78 Å². The highest BCUT2D eigenvalue weighted by atomic mass is 19.1. The van der Waals surface area contributed by atoms with Gasteiger partial charge in [-0.05, 0) is 17.7 Å². The summed E-state index contributed by atoms with van der Waals surface area (Å²) in [5.74, 6) is 2.12. The lowest BCUT2D eigenvalue weighted by atomic mass is 10.1. The van der Waals surface area contributed by atoms with Gasteiger partial charge in [0.25, 0.3) is 0 Å². The molecule has 0 N–H and O–H groups in total. The van der Waals surface area contributed by atoms with Gasteiger partial charge in [-0.1, -0.05) is 12.1 Å². The number of hydrogen-bond donors (Lipinski definition) is 0. The van der Waals surface area contributed by atoms with Crippen LogP contribution in [0.2, 0.25) is 0 Å². The third-order valence-electron chi connectivity index (χ3n) is 1.71. The highest BCUT2D eigenvalue weighted by Crippen LogP contribution is 2.11. The minimum absolute atomic E-state index is 0.126. The summed E-state index contributed by atoms with van der Waals surface area (Å²) in [7, 11) is 1.56. The van der Waals surface area contributed by atoms with Crippen LogP contribution in [0.5, 0.6) is 5.75 Å². The zero-order valence-electron chi connectivity index (χ0n) is 7.71. The maximum Gasteiger partial charge on any atom is 0.212 e. The average molecular weight is 192 g/mol. The Morgan fingerprint density at radius 3 is 2.57 bits per heavy atom. The normalized spacial score (nSPS) is 8.71. The van der Waals surface area contributed by atoms with E-state index >= 15 is 0 Å². The first-order valence-corrected chi connectivity index (χ1v) is 4.03. The van der Waals surface area contributed by atoms with Gasteiger partial charge < -0.3 is 4.74 Å². The van der Waals surface area contributed by atoms with Crippen molar-refractivity contribution in [1.29, 1.82) is 0 Å². The number of hydrogen-bond acceptors (Lipinski definition) is 2. The first kappa shape index (κ1) is 10.3. The molecule has 0 bridgehead atoms. The van der Waals surface area contributed by atoms with Gasteiger partial charge in [-0.3, -0.25) is 4.79 Å². The van der Waals surface area contributed by atoms with Crippen LogP contribution in [-0.4, -0.2) is 12.9 Å². The SMILES string of the molecule is COc1ccc(CC(=O)C#CF)cc1. The first-order chi connectivity index (χ1) is 6.76. The van der Waals surface area contributed by atoms with E-state index in [1.807, 2.05) is 5.92 Å². The molecule has 0 fully saturated rings. The summed E-state index contributed by atoms with van der Waals surface area (Å²) in [6.07, 6.45) is 1.21. The van der Waals surface area contributed by atoms with Gasteiger partial charge in [-0.2, -0.15) is 0 Å². The molecule has 1 aromatic rings. The van der Waals surface area contributed by atoms with Crippen molar-refractivity contribution in [3.05, 3.63) is 29.8 Å². The molecule has 0 atom stereocenters. The molecule has 14 heavy (non-hydrogen) atoms. The lowest BCUT2D eigenvalue weighted by molar-refractivity contribution is -0.113. The molecule has 0 spiro atoms. The van der Waals surface area contributed by atoms with E-state index in [-0.39, 0.29) is 6.42 Å². The molecule has 0 radical (unpaired) electrons. The lowest BCUT2D eigenvalue weighted by Gasteiger charge is -2.00. The minimum atomic E-state index is -0.433. The molecule has 1 rings (SSSR count). The third kappa shape index (κ3) is 2.91. The second-order valence-corrected chi connectivity index (χ2v) is 2.67. The summed E-state index contributed by atoms with van der Waals surface area (Å²) in [5.41, 5.74) is 0.790. The number of carbonyl (C=O) groups is 1. The van der Waals surface area contributed by atoms with E-state index in [1.165, 1.54) is 0 Å². The Morgan fingerprint density at radius 2 is 2.07 bits per heavy atom. The lowest BCUT2D eigenvalue weighted by Crippen LogP contribution is -1.98. The van der Waals surface area contributed by atoms with Crippen LogP contribution >= 0.6 is 0 Å². The summed E-state index contributed by atoms with van der Waals surface area (Å²) >= 11 is 0. The van der Waals surface area contributed by atoms with E-state index in [4.69, 9.17) is 4.74 Å². The fourth-order valence-electron chi connectivity index (χ4n) is 1.03. The third-order valence-corrected chi connectivity index (χ3v) is 1.71. The van der Waals surface area contributed by atoms with Crippen LogP contribution < -0.4 is 4.74 Å². The van der Waals surface area contributed by atoms with Crippen molar-refractivity contribution in [2.75, 3.05) is 7.11 Å². The van der Waals surface area contributed by atoms with Crippen molar-refractivity contribution < 1.29 is 13.9 Å². The average Bonchev–Trinajstić information content (AvgIpc) is 2.19. The Kier molecular flexibility index (Phi) is 3.69. The van der Waals surface area contributed by atoms with Gasteiger partial charge in [-0.15, -0.1) is 4.39 Å². The Hall–Kier alpha value is -1.82. The Bertz CT molecular complexity index is 371. The van der Waals surface area contributed by atoms with Gasteiger partial charge in [0.15, 0.2) is 0 Å². The number of ether oxygens (including phenoxy) is 1. The zero-order chi connectivity index (χ0) is 10.4. The van der Waals surface area contributed by atoms with Crippen LogP contribution in [0.3, 0.4) is 0 Å². The molecule has 2 nitrogen and oxygen atoms in total. The van der Waals surface area contributed by atoms with Gasteiger partial charge >= 0.3 is 0 Å². The van der Waals surface area contributed by atoms with Crippen molar-refractivity contribution in [2.24, 2.45) is 0 Å². The van der Waals surface area contributed by atoms with Crippen molar-refractivity contribution in [1.82, 2.24) is 0 Å². The number of Topliss-reactive ketones (excluding diaryl/α,β-unsaturated/α-hetero) is 1. The topological polar surface area (TPSA) is 26.3 Å². The van der Waals surface area contributed by atoms with E-state index in [9.17, 15) is 9.18 Å². The van der Waals surface area contributed by atoms with Crippen LogP contribution in [0.15, 0.2) is 24.3 Å². The fraction of sp³-hybridized carbons (Fsp3) is 0.182. The summed E-state index contributed by atoms with van der Waals surface area (Å²) in [6, 6.07) is 6.98. The molecule has 3 heteroatoms. The largest absolute Gasteiger partial charge is 0.497 e. The van der Waals surface area contributed by atoms with Crippen LogP contribution in [-0.2, 0) is 11.2 Å². The van der Waals surface area contributed by atoms with E-state index in [0.29, 0.717) is 0 Å². The molecule has 0 saturated heterocycles. The molecule has 0 aromatic heterocycles. The van der Waals surface area contributed by atoms with Gasteiger partial charge in [0.05, 0.1) is 7.11 Å². The molecule has 72 valence electrons. The van der Waals surface area contributed by atoms with Crippen LogP contribution in [0.4, 0.5) is 4.39 Å². The molecule has 0 aliphatic rings. The Labute approximate surface area is 81.7 Å². The number of rotatable bonds is 3. The molecule has 0 saturated carbocycles. The van der Waals surface area contributed by atoms with Crippen molar-refractivity contribution in [3.8, 4) is 17.8 Å². The summed E-state index contributed by atoms with van der Waals surface area (Å²) in [5, 5.41) is 0. The van der Waals surface area contributed by atoms with Gasteiger partial charge in [0.2, 0.25) is 5.78 Å². The number of methoxy groups -OCH3 is 1. The predicted octanol–water partition coefficient (Wildman–Crippen LogP) is 1.74. The quantitative estimate of drug-likeness (QED) is 0.682. The first-order valence-electron chi connectivity index (χ1n) is 4.03. The van der Waals surface area contributed by atoms with Gasteiger partial charge in [-0.25, -0.2) is 0 Å². The Morgan fingerprint density at radius 1 is 1.43 bits per heavy atom. The molecule has 0 unspecified atom stereocenters. The highest BCUT2D eigenvalue weighted by Gasteiger charge is 2.00. The maximum absolute atomic E-state index is 11.5. The summed E-state index contributed by atoms with van der Waals surface area (Å²) in [4.78, 5) is 10.9. The predicted molar refractivity (Wildman–Crippen MR) is 50.6 cm³/mol. The molecule has 0 aliphatic carbocycles. The maximum atomic E-state index is 11.5. The second-order valence-electron chi connectivity index (χ2n) is 2.67. The minimum Gasteiger partial charge on any atom is -0.497 e. The van der Waals surface area contributed by atoms with Crippen LogP contribution in [0, 0.1) is 12.1 Å². The number of halogens is 1. The molecule has 0 heterocycles. The number of benzene rings is 1. The molecular formula is C11H9FO2. The van der Waals surface area contributed by atoms with Crippen molar-refractivity contribution >= 4 is 5.78 Å². The van der Waals surface area contributed by atoms with Gasteiger partial charge in [0.1, 0.15) is 11.9 Å². The zero-order valence-corrected chi connectivity index (χ0v) is 7.71. The fourth-order valence-corrected chi connectivity index (χ4v) is 1.03.